The lowest BCUT2D eigenvalue weighted by Crippen LogP contribution is -2.48. The molecule has 2 aliphatic rings. The van der Waals surface area contributed by atoms with E-state index in [2.05, 4.69) is 4.90 Å². The molecule has 2 N–H and O–H groups in total. The second-order valence-electron chi connectivity index (χ2n) is 8.00. The molecule has 7 heteroatoms. The van der Waals surface area contributed by atoms with Crippen LogP contribution in [0.4, 0.5) is 15.8 Å². The van der Waals surface area contributed by atoms with Crippen LogP contribution >= 0.6 is 0 Å². The van der Waals surface area contributed by atoms with E-state index < -0.39 is 16.4 Å². The zero-order valence-electron chi connectivity index (χ0n) is 15.7. The largest absolute Gasteiger partial charge is 0.395 e. The molecule has 1 aliphatic carbocycles. The molecule has 0 radical (unpaired) electrons. The predicted octanol–water partition coefficient (Wildman–Crippen LogP) is 2.99. The molecule has 28 heavy (non-hydrogen) atoms. The first kappa shape index (κ1) is 18.8. The lowest BCUT2D eigenvalue weighted by Gasteiger charge is -2.44. The molecule has 2 aromatic carbocycles. The average molecular weight is 386 g/mol. The van der Waals surface area contributed by atoms with Crippen molar-refractivity contribution in [3.05, 3.63) is 68.5 Å². The van der Waals surface area contributed by atoms with Crippen molar-refractivity contribution in [1.82, 2.24) is 0 Å². The molecule has 0 spiro atoms. The van der Waals surface area contributed by atoms with Gasteiger partial charge < -0.3 is 15.1 Å². The third-order valence-corrected chi connectivity index (χ3v) is 6.14. The van der Waals surface area contributed by atoms with Crippen molar-refractivity contribution in [3.8, 4) is 0 Å². The van der Waals surface area contributed by atoms with Crippen LogP contribution in [0.2, 0.25) is 0 Å². The molecule has 0 unspecified atom stereocenters. The Balaban J connectivity index is 1.75. The number of aliphatic hydroxyl groups excluding tert-OH is 2. The van der Waals surface area contributed by atoms with Gasteiger partial charge in [-0.3, -0.25) is 10.1 Å². The molecular weight excluding hydrogens is 363 g/mol. The molecule has 0 bridgehead atoms. The molecule has 0 atom stereocenters. The van der Waals surface area contributed by atoms with Crippen molar-refractivity contribution < 1.29 is 19.5 Å². The molecule has 2 aromatic rings. The lowest BCUT2D eigenvalue weighted by atomic mass is 9.62. The Morgan fingerprint density at radius 1 is 1.29 bits per heavy atom. The summed E-state index contributed by atoms with van der Waals surface area (Å²) in [6, 6.07) is 8.40. The maximum absolute atomic E-state index is 13.5. The number of nitro groups is 1. The van der Waals surface area contributed by atoms with Gasteiger partial charge in [0.1, 0.15) is 5.82 Å². The number of nitrogens with zero attached hydrogens (tertiary/aromatic N) is 2. The van der Waals surface area contributed by atoms with E-state index in [9.17, 15) is 24.7 Å². The van der Waals surface area contributed by atoms with Crippen LogP contribution in [-0.2, 0) is 18.4 Å². The van der Waals surface area contributed by atoms with Crippen LogP contribution in [0.1, 0.15) is 35.1 Å². The van der Waals surface area contributed by atoms with Crippen molar-refractivity contribution in [2.75, 3.05) is 18.1 Å². The van der Waals surface area contributed by atoms with Gasteiger partial charge in [-0.15, -0.1) is 0 Å². The van der Waals surface area contributed by atoms with Gasteiger partial charge in [0.25, 0.3) is 5.69 Å². The number of hydrogen-bond donors (Lipinski definition) is 2. The number of fused-ring (bicyclic) bond motifs is 1. The van der Waals surface area contributed by atoms with Crippen molar-refractivity contribution >= 4 is 11.4 Å². The summed E-state index contributed by atoms with van der Waals surface area (Å²) in [4.78, 5) is 13.4. The molecule has 6 nitrogen and oxygen atoms in total. The zero-order chi connectivity index (χ0) is 20.1. The van der Waals surface area contributed by atoms with Gasteiger partial charge in [-0.25, -0.2) is 4.39 Å². The summed E-state index contributed by atoms with van der Waals surface area (Å²) in [5.41, 5.74) is 3.15. The number of hydrogen-bond acceptors (Lipinski definition) is 5. The minimum Gasteiger partial charge on any atom is -0.395 e. The third kappa shape index (κ3) is 3.04. The number of rotatable bonds is 4. The van der Waals surface area contributed by atoms with E-state index in [4.69, 9.17) is 0 Å². The molecule has 148 valence electrons. The van der Waals surface area contributed by atoms with Crippen LogP contribution in [-0.4, -0.2) is 34.4 Å². The molecule has 1 fully saturated rings. The second-order valence-corrected chi connectivity index (χ2v) is 8.00. The Morgan fingerprint density at radius 3 is 2.68 bits per heavy atom. The highest BCUT2D eigenvalue weighted by Gasteiger charge is 2.48. The zero-order valence-corrected chi connectivity index (χ0v) is 15.7. The van der Waals surface area contributed by atoms with Gasteiger partial charge in [0.05, 0.1) is 17.6 Å². The molecule has 1 saturated carbocycles. The van der Waals surface area contributed by atoms with E-state index in [0.29, 0.717) is 43.5 Å². The van der Waals surface area contributed by atoms with Crippen LogP contribution in [0.3, 0.4) is 0 Å². The quantitative estimate of drug-likeness (QED) is 0.623. The van der Waals surface area contributed by atoms with Gasteiger partial charge in [-0.05, 0) is 61.6 Å². The van der Waals surface area contributed by atoms with Gasteiger partial charge >= 0.3 is 0 Å². The molecule has 0 amide bonds. The van der Waals surface area contributed by atoms with E-state index in [-0.39, 0.29) is 18.1 Å². The monoisotopic (exact) mass is 386 g/mol. The Hall–Kier alpha value is -2.51. The summed E-state index contributed by atoms with van der Waals surface area (Å²) < 4.78 is 13.5. The minimum absolute atomic E-state index is 0.0178. The highest BCUT2D eigenvalue weighted by molar-refractivity contribution is 5.63. The van der Waals surface area contributed by atoms with Gasteiger partial charge in [-0.2, -0.15) is 0 Å². The topological polar surface area (TPSA) is 86.8 Å². The number of halogens is 1. The fourth-order valence-corrected chi connectivity index (χ4v) is 4.61. The predicted molar refractivity (Wildman–Crippen MR) is 103 cm³/mol. The number of aryl methyl sites for hydroxylation is 1. The van der Waals surface area contributed by atoms with Gasteiger partial charge in [-0.1, -0.05) is 6.07 Å². The van der Waals surface area contributed by atoms with E-state index in [1.54, 1.807) is 31.2 Å². The minimum atomic E-state index is -0.778. The van der Waals surface area contributed by atoms with E-state index in [1.165, 1.54) is 6.07 Å². The van der Waals surface area contributed by atoms with Gasteiger partial charge in [0, 0.05) is 35.3 Å². The smallest absolute Gasteiger partial charge is 0.276 e. The van der Waals surface area contributed by atoms with Crippen LogP contribution in [0.15, 0.2) is 30.3 Å². The maximum Gasteiger partial charge on any atom is 0.276 e. The molecule has 4 rings (SSSR count). The highest BCUT2D eigenvalue weighted by atomic mass is 19.1. The first-order valence-electron chi connectivity index (χ1n) is 9.44. The Kier molecular flexibility index (Phi) is 4.59. The fourth-order valence-electron chi connectivity index (χ4n) is 4.61. The average Bonchev–Trinajstić information content (AvgIpc) is 2.63. The molecular formula is C21H23FN2O4. The number of anilines is 1. The summed E-state index contributed by atoms with van der Waals surface area (Å²) in [6.07, 6.45) is 0.778. The normalized spacial score (nSPS) is 23.9. The summed E-state index contributed by atoms with van der Waals surface area (Å²) in [5.74, 6) is -0.242. The first-order valence-corrected chi connectivity index (χ1v) is 9.44. The van der Waals surface area contributed by atoms with Crippen LogP contribution < -0.4 is 4.90 Å². The molecule has 0 aromatic heterocycles. The SMILES string of the molecule is Cc1cc(N2CCc3cc(F)ccc3C2)cc(C2(CO)CC(O)C2)c1[N+](=O)[O-]. The third-order valence-electron chi connectivity index (χ3n) is 6.14. The standard InChI is InChI=1S/C21H23FN2O4/c1-13-6-17(23-5-4-14-7-16(22)3-2-15(14)11-23)8-19(20(13)24(27)28)21(12-25)9-18(26)10-21/h2-3,6-8,18,25-26H,4-5,9-12H2,1H3. The van der Waals surface area contributed by atoms with Crippen molar-refractivity contribution in [2.45, 2.75) is 44.2 Å². The first-order chi connectivity index (χ1) is 13.3. The maximum atomic E-state index is 13.5. The summed E-state index contributed by atoms with van der Waals surface area (Å²) in [5, 5.41) is 31.5. The summed E-state index contributed by atoms with van der Waals surface area (Å²) >= 11 is 0. The number of aliphatic hydroxyl groups is 2. The van der Waals surface area contributed by atoms with Crippen LogP contribution in [0.5, 0.6) is 0 Å². The summed E-state index contributed by atoms with van der Waals surface area (Å²) in [6.45, 7) is 2.75. The number of benzene rings is 2. The number of nitro benzene ring substituents is 1. The van der Waals surface area contributed by atoms with E-state index in [0.717, 1.165) is 16.8 Å². The Morgan fingerprint density at radius 2 is 2.04 bits per heavy atom. The Labute approximate surface area is 162 Å². The van der Waals surface area contributed by atoms with E-state index in [1.807, 2.05) is 0 Å². The Bertz CT molecular complexity index is 940. The van der Waals surface area contributed by atoms with Gasteiger partial charge in [0.15, 0.2) is 0 Å². The van der Waals surface area contributed by atoms with Crippen molar-refractivity contribution in [2.24, 2.45) is 0 Å². The van der Waals surface area contributed by atoms with E-state index >= 15 is 0 Å². The highest BCUT2D eigenvalue weighted by Crippen LogP contribution is 2.49. The van der Waals surface area contributed by atoms with Crippen LogP contribution in [0.25, 0.3) is 0 Å². The van der Waals surface area contributed by atoms with Crippen LogP contribution in [0, 0.1) is 22.9 Å². The fraction of sp³-hybridized carbons (Fsp3) is 0.429. The summed E-state index contributed by atoms with van der Waals surface area (Å²) in [7, 11) is 0. The molecule has 1 aliphatic heterocycles. The second kappa shape index (κ2) is 6.83. The lowest BCUT2D eigenvalue weighted by molar-refractivity contribution is -0.387. The van der Waals surface area contributed by atoms with Gasteiger partial charge in [0.2, 0.25) is 0 Å². The van der Waals surface area contributed by atoms with Crippen molar-refractivity contribution in [1.29, 1.82) is 0 Å². The van der Waals surface area contributed by atoms with Crippen molar-refractivity contribution in [3.63, 3.8) is 0 Å². The molecule has 0 saturated heterocycles. The molecule has 1 heterocycles.